The standard InChI is InChI=1S/C21H16ClNO3/c22-18-6-4-5-17(13-18)21(25)26-14-15-9-11-16(12-10-15)20(24)23-19-7-2-1-3-8-19/h1-13H,14H2,(H,23,24). The van der Waals surface area contributed by atoms with Crippen LogP contribution in [0.3, 0.4) is 0 Å². The summed E-state index contributed by atoms with van der Waals surface area (Å²) < 4.78 is 5.27. The largest absolute Gasteiger partial charge is 0.457 e. The third kappa shape index (κ3) is 4.71. The van der Waals surface area contributed by atoms with Crippen molar-refractivity contribution in [1.82, 2.24) is 0 Å². The number of halogens is 1. The summed E-state index contributed by atoms with van der Waals surface area (Å²) in [5.41, 5.74) is 2.45. The lowest BCUT2D eigenvalue weighted by Crippen LogP contribution is -2.11. The van der Waals surface area contributed by atoms with Crippen LogP contribution in [-0.4, -0.2) is 11.9 Å². The van der Waals surface area contributed by atoms with Crippen LogP contribution in [0, 0.1) is 0 Å². The number of carbonyl (C=O) groups is 2. The van der Waals surface area contributed by atoms with Crippen LogP contribution >= 0.6 is 11.6 Å². The molecule has 0 aliphatic heterocycles. The van der Waals surface area contributed by atoms with Gasteiger partial charge in [-0.25, -0.2) is 4.79 Å². The van der Waals surface area contributed by atoms with E-state index in [2.05, 4.69) is 5.32 Å². The van der Waals surface area contributed by atoms with Gasteiger partial charge in [-0.3, -0.25) is 4.79 Å². The number of anilines is 1. The van der Waals surface area contributed by atoms with E-state index < -0.39 is 5.97 Å². The molecule has 0 aliphatic carbocycles. The zero-order valence-corrected chi connectivity index (χ0v) is 14.6. The van der Waals surface area contributed by atoms with Gasteiger partial charge in [-0.1, -0.05) is 48.0 Å². The molecule has 130 valence electrons. The quantitative estimate of drug-likeness (QED) is 0.651. The average Bonchev–Trinajstić information content (AvgIpc) is 2.67. The summed E-state index contributed by atoms with van der Waals surface area (Å²) >= 11 is 5.87. The fraction of sp³-hybridized carbons (Fsp3) is 0.0476. The van der Waals surface area contributed by atoms with Gasteiger partial charge in [0.15, 0.2) is 0 Å². The minimum Gasteiger partial charge on any atom is -0.457 e. The van der Waals surface area contributed by atoms with Crippen molar-refractivity contribution in [2.24, 2.45) is 0 Å². The maximum atomic E-state index is 12.2. The van der Waals surface area contributed by atoms with Gasteiger partial charge in [0.1, 0.15) is 6.61 Å². The number of esters is 1. The zero-order chi connectivity index (χ0) is 18.4. The molecule has 1 N–H and O–H groups in total. The third-order valence-corrected chi connectivity index (χ3v) is 3.91. The molecule has 1 amide bonds. The molecule has 0 heterocycles. The minimum atomic E-state index is -0.446. The maximum absolute atomic E-state index is 12.2. The van der Waals surface area contributed by atoms with Gasteiger partial charge in [0.05, 0.1) is 5.56 Å². The Kier molecular flexibility index (Phi) is 5.66. The molecule has 3 aromatic carbocycles. The number of rotatable bonds is 5. The zero-order valence-electron chi connectivity index (χ0n) is 13.8. The molecule has 3 rings (SSSR count). The Morgan fingerprint density at radius 1 is 0.846 bits per heavy atom. The van der Waals surface area contributed by atoms with E-state index in [4.69, 9.17) is 16.3 Å². The number of hydrogen-bond acceptors (Lipinski definition) is 3. The molecule has 4 nitrogen and oxygen atoms in total. The lowest BCUT2D eigenvalue weighted by Gasteiger charge is -2.07. The van der Waals surface area contributed by atoms with E-state index in [-0.39, 0.29) is 12.5 Å². The summed E-state index contributed by atoms with van der Waals surface area (Å²) in [7, 11) is 0. The van der Waals surface area contributed by atoms with Crippen molar-refractivity contribution in [1.29, 1.82) is 0 Å². The second kappa shape index (κ2) is 8.32. The van der Waals surface area contributed by atoms with E-state index in [1.807, 2.05) is 30.3 Å². The Balaban J connectivity index is 1.57. The maximum Gasteiger partial charge on any atom is 0.338 e. The molecule has 0 saturated heterocycles. The van der Waals surface area contributed by atoms with Crippen LogP contribution in [0.1, 0.15) is 26.3 Å². The summed E-state index contributed by atoms with van der Waals surface area (Å²) in [6.45, 7) is 0.117. The fourth-order valence-corrected chi connectivity index (χ4v) is 2.52. The highest BCUT2D eigenvalue weighted by Crippen LogP contribution is 2.14. The third-order valence-electron chi connectivity index (χ3n) is 3.68. The van der Waals surface area contributed by atoms with Crippen LogP contribution in [-0.2, 0) is 11.3 Å². The lowest BCUT2D eigenvalue weighted by atomic mass is 10.1. The van der Waals surface area contributed by atoms with Crippen molar-refractivity contribution >= 4 is 29.2 Å². The minimum absolute atomic E-state index is 0.117. The van der Waals surface area contributed by atoms with E-state index in [0.29, 0.717) is 16.1 Å². The van der Waals surface area contributed by atoms with Crippen molar-refractivity contribution in [3.63, 3.8) is 0 Å². The van der Waals surface area contributed by atoms with E-state index in [0.717, 1.165) is 11.3 Å². The molecule has 0 aromatic heterocycles. The lowest BCUT2D eigenvalue weighted by molar-refractivity contribution is 0.0472. The monoisotopic (exact) mass is 365 g/mol. The molecule has 0 atom stereocenters. The second-order valence-corrected chi connectivity index (χ2v) is 6.04. The smallest absolute Gasteiger partial charge is 0.338 e. The van der Waals surface area contributed by atoms with Crippen LogP contribution in [0.5, 0.6) is 0 Å². The molecular weight excluding hydrogens is 350 g/mol. The Hall–Kier alpha value is -3.11. The van der Waals surface area contributed by atoms with Crippen molar-refractivity contribution in [3.05, 3.63) is 101 Å². The molecule has 0 spiro atoms. The number of ether oxygens (including phenoxy) is 1. The molecule has 3 aromatic rings. The highest BCUT2D eigenvalue weighted by atomic mass is 35.5. The first-order chi connectivity index (χ1) is 12.6. The first kappa shape index (κ1) is 17.7. The fourth-order valence-electron chi connectivity index (χ4n) is 2.32. The number of para-hydroxylation sites is 1. The van der Waals surface area contributed by atoms with Crippen molar-refractivity contribution in [2.75, 3.05) is 5.32 Å². The van der Waals surface area contributed by atoms with Gasteiger partial charge in [0.25, 0.3) is 5.91 Å². The van der Waals surface area contributed by atoms with Gasteiger partial charge in [-0.15, -0.1) is 0 Å². The molecule has 5 heteroatoms. The van der Waals surface area contributed by atoms with Gasteiger partial charge in [-0.2, -0.15) is 0 Å². The molecule has 0 fully saturated rings. The second-order valence-electron chi connectivity index (χ2n) is 5.60. The Labute approximate surface area is 156 Å². The van der Waals surface area contributed by atoms with Crippen LogP contribution in [0.4, 0.5) is 5.69 Å². The van der Waals surface area contributed by atoms with E-state index in [1.165, 1.54) is 0 Å². The first-order valence-electron chi connectivity index (χ1n) is 8.00. The Morgan fingerprint density at radius 2 is 1.58 bits per heavy atom. The molecule has 0 radical (unpaired) electrons. The van der Waals surface area contributed by atoms with E-state index in [9.17, 15) is 9.59 Å². The number of benzene rings is 3. The summed E-state index contributed by atoms with van der Waals surface area (Å²) in [5, 5.41) is 3.30. The number of carbonyl (C=O) groups excluding carboxylic acids is 2. The molecule has 0 bridgehead atoms. The molecule has 26 heavy (non-hydrogen) atoms. The topological polar surface area (TPSA) is 55.4 Å². The van der Waals surface area contributed by atoms with Crippen molar-refractivity contribution in [2.45, 2.75) is 6.61 Å². The van der Waals surface area contributed by atoms with Crippen LogP contribution < -0.4 is 5.32 Å². The van der Waals surface area contributed by atoms with Crippen molar-refractivity contribution < 1.29 is 14.3 Å². The predicted molar refractivity (Wildman–Crippen MR) is 101 cm³/mol. The van der Waals surface area contributed by atoms with Gasteiger partial charge in [0, 0.05) is 16.3 Å². The normalized spacial score (nSPS) is 10.2. The Bertz CT molecular complexity index is 908. The summed E-state index contributed by atoms with van der Waals surface area (Å²) in [5.74, 6) is -0.642. The number of hydrogen-bond donors (Lipinski definition) is 1. The van der Waals surface area contributed by atoms with Gasteiger partial charge in [0.2, 0.25) is 0 Å². The highest BCUT2D eigenvalue weighted by molar-refractivity contribution is 6.30. The molecule has 0 unspecified atom stereocenters. The highest BCUT2D eigenvalue weighted by Gasteiger charge is 2.09. The predicted octanol–water partition coefficient (Wildman–Crippen LogP) is 4.95. The SMILES string of the molecule is O=C(Nc1ccccc1)c1ccc(COC(=O)c2cccc(Cl)c2)cc1. The van der Waals surface area contributed by atoms with E-state index >= 15 is 0 Å². The number of amides is 1. The molecule has 0 aliphatic rings. The van der Waals surface area contributed by atoms with Gasteiger partial charge < -0.3 is 10.1 Å². The van der Waals surface area contributed by atoms with Crippen LogP contribution in [0.25, 0.3) is 0 Å². The van der Waals surface area contributed by atoms with Crippen LogP contribution in [0.15, 0.2) is 78.9 Å². The first-order valence-corrected chi connectivity index (χ1v) is 8.37. The Morgan fingerprint density at radius 3 is 2.27 bits per heavy atom. The van der Waals surface area contributed by atoms with E-state index in [1.54, 1.807) is 48.5 Å². The van der Waals surface area contributed by atoms with Gasteiger partial charge >= 0.3 is 5.97 Å². The van der Waals surface area contributed by atoms with Crippen molar-refractivity contribution in [3.8, 4) is 0 Å². The summed E-state index contributed by atoms with van der Waals surface area (Å²) in [6, 6.07) is 22.7. The summed E-state index contributed by atoms with van der Waals surface area (Å²) in [6.07, 6.45) is 0. The van der Waals surface area contributed by atoms with Gasteiger partial charge in [-0.05, 0) is 48.0 Å². The number of nitrogens with one attached hydrogen (secondary N) is 1. The average molecular weight is 366 g/mol. The summed E-state index contributed by atoms with van der Waals surface area (Å²) in [4.78, 5) is 24.2. The molecular formula is C21H16ClNO3. The van der Waals surface area contributed by atoms with Crippen LogP contribution in [0.2, 0.25) is 5.02 Å². The molecule has 0 saturated carbocycles.